The lowest BCUT2D eigenvalue weighted by molar-refractivity contribution is -0.146. The molecule has 0 bridgehead atoms. The molecular formula is C27H34ClN3O5. The van der Waals surface area contributed by atoms with Crippen molar-refractivity contribution in [2.45, 2.75) is 70.7 Å². The van der Waals surface area contributed by atoms with Gasteiger partial charge in [0, 0.05) is 6.04 Å². The van der Waals surface area contributed by atoms with Crippen LogP contribution in [0.4, 0.5) is 10.5 Å². The van der Waals surface area contributed by atoms with Gasteiger partial charge in [0.05, 0.1) is 17.3 Å². The number of aliphatic hydroxyl groups excluding tert-OH is 1. The van der Waals surface area contributed by atoms with Gasteiger partial charge in [0.2, 0.25) is 5.91 Å². The molecule has 0 saturated heterocycles. The summed E-state index contributed by atoms with van der Waals surface area (Å²) in [5.41, 5.74) is 1.08. The Labute approximate surface area is 217 Å². The van der Waals surface area contributed by atoms with Gasteiger partial charge in [-0.05, 0) is 64.2 Å². The number of halogens is 1. The average molecular weight is 516 g/mol. The Hall–Kier alpha value is -3.10. The molecule has 2 aromatic rings. The Morgan fingerprint density at radius 3 is 2.31 bits per heavy atom. The summed E-state index contributed by atoms with van der Waals surface area (Å²) >= 11 is 6.36. The van der Waals surface area contributed by atoms with Gasteiger partial charge >= 0.3 is 6.09 Å². The van der Waals surface area contributed by atoms with E-state index in [1.807, 2.05) is 19.1 Å². The second-order valence-electron chi connectivity index (χ2n) is 9.95. The SMILES string of the molecule is Cc1cccc(Cl)c1NC(=O)C(c1ccccc1)N(C(=O)C(CO)NC(=O)OC(C)(C)C)C1CCC1. The topological polar surface area (TPSA) is 108 Å². The van der Waals surface area contributed by atoms with Crippen molar-refractivity contribution in [3.63, 3.8) is 0 Å². The first kappa shape index (κ1) is 27.5. The zero-order chi connectivity index (χ0) is 26.5. The minimum absolute atomic E-state index is 0.227. The van der Waals surface area contributed by atoms with E-state index in [-0.39, 0.29) is 6.04 Å². The molecule has 3 rings (SSSR count). The van der Waals surface area contributed by atoms with E-state index in [2.05, 4.69) is 10.6 Å². The second-order valence-corrected chi connectivity index (χ2v) is 10.4. The molecule has 0 aromatic heterocycles. The number of carbonyl (C=O) groups excluding carboxylic acids is 3. The number of ether oxygens (including phenoxy) is 1. The number of nitrogens with one attached hydrogen (secondary N) is 2. The molecule has 9 heteroatoms. The molecule has 8 nitrogen and oxygen atoms in total. The predicted octanol–water partition coefficient (Wildman–Crippen LogP) is 4.59. The third-order valence-electron chi connectivity index (χ3n) is 6.01. The lowest BCUT2D eigenvalue weighted by Gasteiger charge is -2.43. The van der Waals surface area contributed by atoms with Gasteiger partial charge in [-0.2, -0.15) is 0 Å². The molecule has 1 fully saturated rings. The van der Waals surface area contributed by atoms with Crippen LogP contribution in [0.1, 0.15) is 57.2 Å². The van der Waals surface area contributed by atoms with E-state index in [9.17, 15) is 19.5 Å². The maximum absolute atomic E-state index is 13.8. The quantitative estimate of drug-likeness (QED) is 0.476. The zero-order valence-corrected chi connectivity index (χ0v) is 21.8. The van der Waals surface area contributed by atoms with E-state index in [0.29, 0.717) is 29.1 Å². The monoisotopic (exact) mass is 515 g/mol. The Balaban J connectivity index is 1.97. The summed E-state index contributed by atoms with van der Waals surface area (Å²) < 4.78 is 5.27. The Morgan fingerprint density at radius 2 is 1.78 bits per heavy atom. The number of aryl methyl sites for hydroxylation is 1. The number of hydrogen-bond donors (Lipinski definition) is 3. The molecule has 2 atom stereocenters. The van der Waals surface area contributed by atoms with Crippen LogP contribution < -0.4 is 10.6 Å². The largest absolute Gasteiger partial charge is 0.444 e. The van der Waals surface area contributed by atoms with Gasteiger partial charge in [-0.25, -0.2) is 4.79 Å². The first-order valence-corrected chi connectivity index (χ1v) is 12.4. The number of alkyl carbamates (subject to hydrolysis) is 1. The van der Waals surface area contributed by atoms with E-state index >= 15 is 0 Å². The molecule has 2 aromatic carbocycles. The summed E-state index contributed by atoms with van der Waals surface area (Å²) in [7, 11) is 0. The number of benzene rings is 2. The lowest BCUT2D eigenvalue weighted by atomic mass is 9.88. The fraction of sp³-hybridized carbons (Fsp3) is 0.444. The molecule has 2 unspecified atom stereocenters. The van der Waals surface area contributed by atoms with Crippen molar-refractivity contribution in [1.82, 2.24) is 10.2 Å². The molecule has 3 N–H and O–H groups in total. The highest BCUT2D eigenvalue weighted by Gasteiger charge is 2.42. The maximum Gasteiger partial charge on any atom is 0.408 e. The van der Waals surface area contributed by atoms with Gasteiger partial charge in [-0.3, -0.25) is 9.59 Å². The minimum Gasteiger partial charge on any atom is -0.444 e. The first-order chi connectivity index (χ1) is 17.0. The highest BCUT2D eigenvalue weighted by molar-refractivity contribution is 6.34. The highest BCUT2D eigenvalue weighted by atomic mass is 35.5. The van der Waals surface area contributed by atoms with Crippen LogP contribution >= 0.6 is 11.6 Å². The number of aliphatic hydroxyl groups is 1. The van der Waals surface area contributed by atoms with Crippen LogP contribution in [-0.2, 0) is 14.3 Å². The normalized spacial score (nSPS) is 15.3. The summed E-state index contributed by atoms with van der Waals surface area (Å²) in [5, 5.41) is 15.8. The molecule has 1 aliphatic carbocycles. The summed E-state index contributed by atoms with van der Waals surface area (Å²) in [6.45, 7) is 6.30. The van der Waals surface area contributed by atoms with Crippen LogP contribution in [0, 0.1) is 6.92 Å². The molecular weight excluding hydrogens is 482 g/mol. The van der Waals surface area contributed by atoms with Gasteiger partial charge in [0.1, 0.15) is 17.7 Å². The van der Waals surface area contributed by atoms with Crippen molar-refractivity contribution in [3.05, 3.63) is 64.7 Å². The number of hydrogen-bond acceptors (Lipinski definition) is 5. The molecule has 0 aliphatic heterocycles. The van der Waals surface area contributed by atoms with Crippen LogP contribution in [0.15, 0.2) is 48.5 Å². The van der Waals surface area contributed by atoms with E-state index < -0.39 is 42.2 Å². The van der Waals surface area contributed by atoms with Crippen LogP contribution in [0.3, 0.4) is 0 Å². The van der Waals surface area contributed by atoms with Crippen LogP contribution in [0.25, 0.3) is 0 Å². The second kappa shape index (κ2) is 11.8. The number of anilines is 1. The lowest BCUT2D eigenvalue weighted by Crippen LogP contribution is -2.58. The zero-order valence-electron chi connectivity index (χ0n) is 21.1. The molecule has 1 aliphatic rings. The predicted molar refractivity (Wildman–Crippen MR) is 139 cm³/mol. The minimum atomic E-state index is -1.28. The van der Waals surface area contributed by atoms with E-state index in [4.69, 9.17) is 16.3 Å². The van der Waals surface area contributed by atoms with Crippen molar-refractivity contribution in [3.8, 4) is 0 Å². The third-order valence-corrected chi connectivity index (χ3v) is 6.32. The Bertz CT molecular complexity index is 1060. The average Bonchev–Trinajstić information content (AvgIpc) is 2.77. The standard InChI is InChI=1S/C27H34ClN3O5/c1-17-10-8-15-20(28)22(17)30-24(33)23(18-11-6-5-7-12-18)31(19-13-9-14-19)25(34)21(16-32)29-26(35)36-27(2,3)4/h5-8,10-12,15,19,21,23,32H,9,13-14,16H2,1-4H3,(H,29,35)(H,30,33). The van der Waals surface area contributed by atoms with Crippen LogP contribution in [-0.4, -0.2) is 52.2 Å². The van der Waals surface area contributed by atoms with Gasteiger partial charge < -0.3 is 25.4 Å². The summed E-state index contributed by atoms with van der Waals surface area (Å²) in [6, 6.07) is 11.8. The van der Waals surface area contributed by atoms with Gasteiger partial charge in [-0.1, -0.05) is 54.1 Å². The Morgan fingerprint density at radius 1 is 1.11 bits per heavy atom. The molecule has 0 heterocycles. The first-order valence-electron chi connectivity index (χ1n) is 12.0. The van der Waals surface area contributed by atoms with Gasteiger partial charge in [0.25, 0.3) is 5.91 Å². The Kier molecular flexibility index (Phi) is 8.98. The van der Waals surface area contributed by atoms with Gasteiger partial charge in [0.15, 0.2) is 0 Å². The van der Waals surface area contributed by atoms with Crippen LogP contribution in [0.2, 0.25) is 5.02 Å². The molecule has 0 radical (unpaired) electrons. The van der Waals surface area contributed by atoms with Crippen molar-refractivity contribution < 1.29 is 24.2 Å². The van der Waals surface area contributed by atoms with Crippen molar-refractivity contribution in [2.75, 3.05) is 11.9 Å². The summed E-state index contributed by atoms with van der Waals surface area (Å²) in [4.78, 5) is 41.5. The number of nitrogens with zero attached hydrogens (tertiary/aromatic N) is 1. The third kappa shape index (κ3) is 6.77. The van der Waals surface area contributed by atoms with Crippen LogP contribution in [0.5, 0.6) is 0 Å². The van der Waals surface area contributed by atoms with Crippen molar-refractivity contribution in [2.24, 2.45) is 0 Å². The van der Waals surface area contributed by atoms with E-state index in [1.54, 1.807) is 57.2 Å². The van der Waals surface area contributed by atoms with E-state index in [0.717, 1.165) is 12.0 Å². The smallest absolute Gasteiger partial charge is 0.408 e. The van der Waals surface area contributed by atoms with E-state index in [1.165, 1.54) is 4.90 Å². The molecule has 36 heavy (non-hydrogen) atoms. The summed E-state index contributed by atoms with van der Waals surface area (Å²) in [5.74, 6) is -1.00. The highest BCUT2D eigenvalue weighted by Crippen LogP contribution is 2.35. The van der Waals surface area contributed by atoms with Gasteiger partial charge in [-0.15, -0.1) is 0 Å². The van der Waals surface area contributed by atoms with Crippen molar-refractivity contribution in [1.29, 1.82) is 0 Å². The molecule has 3 amide bonds. The summed E-state index contributed by atoms with van der Waals surface area (Å²) in [6.07, 6.45) is 1.50. The fourth-order valence-corrected chi connectivity index (χ4v) is 4.32. The molecule has 194 valence electrons. The number of para-hydroxylation sites is 1. The van der Waals surface area contributed by atoms with Crippen molar-refractivity contribution >= 4 is 35.2 Å². The fourth-order valence-electron chi connectivity index (χ4n) is 4.05. The molecule has 1 saturated carbocycles. The molecule has 0 spiro atoms. The number of rotatable bonds is 8. The number of carbonyl (C=O) groups is 3. The maximum atomic E-state index is 13.8. The number of amides is 3.